The van der Waals surface area contributed by atoms with Crippen LogP contribution in [-0.4, -0.2) is 42.2 Å². The number of fused-ring (bicyclic) bond motifs is 2. The average Bonchev–Trinajstić information content (AvgIpc) is 3.11. The molecule has 3 atom stereocenters. The SMILES string of the molecule is O=C(C1Cc2ccccc2S1)N1CCC2CNCC2C1. The maximum absolute atomic E-state index is 12.7. The molecule has 4 rings (SSSR count). The summed E-state index contributed by atoms with van der Waals surface area (Å²) < 4.78 is 0. The van der Waals surface area contributed by atoms with Crippen molar-refractivity contribution in [2.45, 2.75) is 23.0 Å². The molecule has 4 heteroatoms. The van der Waals surface area contributed by atoms with Crippen molar-refractivity contribution in [1.82, 2.24) is 10.2 Å². The predicted molar refractivity (Wildman–Crippen MR) is 80.8 cm³/mol. The largest absolute Gasteiger partial charge is 0.341 e. The van der Waals surface area contributed by atoms with E-state index in [1.807, 2.05) is 0 Å². The third-order valence-electron chi connectivity index (χ3n) is 4.94. The molecule has 20 heavy (non-hydrogen) atoms. The molecule has 1 aromatic rings. The van der Waals surface area contributed by atoms with Crippen molar-refractivity contribution < 1.29 is 4.79 Å². The summed E-state index contributed by atoms with van der Waals surface area (Å²) in [6.07, 6.45) is 2.08. The van der Waals surface area contributed by atoms with Crippen molar-refractivity contribution in [3.8, 4) is 0 Å². The van der Waals surface area contributed by atoms with Crippen LogP contribution in [-0.2, 0) is 11.2 Å². The van der Waals surface area contributed by atoms with Gasteiger partial charge in [0.15, 0.2) is 0 Å². The molecule has 0 bridgehead atoms. The van der Waals surface area contributed by atoms with Gasteiger partial charge in [0.05, 0.1) is 5.25 Å². The minimum atomic E-state index is 0.110. The molecule has 3 nitrogen and oxygen atoms in total. The second-order valence-corrected chi connectivity index (χ2v) is 7.41. The monoisotopic (exact) mass is 288 g/mol. The quantitative estimate of drug-likeness (QED) is 0.855. The minimum Gasteiger partial charge on any atom is -0.341 e. The van der Waals surface area contributed by atoms with Gasteiger partial charge in [0, 0.05) is 18.0 Å². The Hall–Kier alpha value is -1.00. The first-order valence-corrected chi connectivity index (χ1v) is 8.43. The Morgan fingerprint density at radius 2 is 2.10 bits per heavy atom. The maximum atomic E-state index is 12.7. The van der Waals surface area contributed by atoms with Gasteiger partial charge in [-0.1, -0.05) is 18.2 Å². The van der Waals surface area contributed by atoms with Crippen LogP contribution in [0, 0.1) is 11.8 Å². The van der Waals surface area contributed by atoms with Crippen LogP contribution in [0.2, 0.25) is 0 Å². The molecule has 2 saturated heterocycles. The van der Waals surface area contributed by atoms with Crippen molar-refractivity contribution in [2.24, 2.45) is 11.8 Å². The number of rotatable bonds is 1. The number of piperidine rings is 1. The topological polar surface area (TPSA) is 32.3 Å². The van der Waals surface area contributed by atoms with Gasteiger partial charge in [-0.05, 0) is 49.4 Å². The maximum Gasteiger partial charge on any atom is 0.236 e. The number of carbonyl (C=O) groups excluding carboxylic acids is 1. The van der Waals surface area contributed by atoms with Gasteiger partial charge in [-0.2, -0.15) is 0 Å². The highest BCUT2D eigenvalue weighted by Crippen LogP contribution is 2.38. The van der Waals surface area contributed by atoms with Crippen molar-refractivity contribution in [2.75, 3.05) is 26.2 Å². The zero-order valence-electron chi connectivity index (χ0n) is 11.5. The second kappa shape index (κ2) is 5.08. The van der Waals surface area contributed by atoms with Crippen molar-refractivity contribution in [3.63, 3.8) is 0 Å². The molecule has 0 aromatic heterocycles. The Bertz CT molecular complexity index is 508. The van der Waals surface area contributed by atoms with Crippen LogP contribution < -0.4 is 5.32 Å². The van der Waals surface area contributed by atoms with E-state index in [2.05, 4.69) is 34.5 Å². The molecule has 1 N–H and O–H groups in total. The van der Waals surface area contributed by atoms with Crippen LogP contribution in [0.5, 0.6) is 0 Å². The third-order valence-corrected chi connectivity index (χ3v) is 6.24. The van der Waals surface area contributed by atoms with E-state index in [-0.39, 0.29) is 5.25 Å². The summed E-state index contributed by atoms with van der Waals surface area (Å²) in [4.78, 5) is 16.2. The molecular weight excluding hydrogens is 268 g/mol. The van der Waals surface area contributed by atoms with Crippen molar-refractivity contribution >= 4 is 17.7 Å². The zero-order valence-corrected chi connectivity index (χ0v) is 12.4. The number of nitrogens with zero attached hydrogens (tertiary/aromatic N) is 1. The average molecular weight is 288 g/mol. The standard InChI is InChI=1S/C16H20N2OS/c19-16(15-7-11-3-1-2-4-14(11)20-15)18-6-5-12-8-17-9-13(12)10-18/h1-4,12-13,15,17H,5-10H2. The number of carbonyl (C=O) groups is 1. The summed E-state index contributed by atoms with van der Waals surface area (Å²) in [6.45, 7) is 4.15. The normalized spacial score (nSPS) is 32.0. The molecule has 106 valence electrons. The lowest BCUT2D eigenvalue weighted by atomic mass is 9.88. The molecule has 0 saturated carbocycles. The van der Waals surface area contributed by atoms with E-state index < -0.39 is 0 Å². The van der Waals surface area contributed by atoms with E-state index in [4.69, 9.17) is 0 Å². The molecule has 1 amide bonds. The lowest BCUT2D eigenvalue weighted by Gasteiger charge is -2.35. The van der Waals surface area contributed by atoms with Crippen LogP contribution in [0.3, 0.4) is 0 Å². The Kier molecular flexibility index (Phi) is 3.23. The van der Waals surface area contributed by atoms with Crippen LogP contribution in [0.1, 0.15) is 12.0 Å². The fraction of sp³-hybridized carbons (Fsp3) is 0.562. The molecule has 3 unspecified atom stereocenters. The molecule has 3 aliphatic heterocycles. The number of thioether (sulfide) groups is 1. The molecule has 3 aliphatic rings. The molecule has 3 heterocycles. The van der Waals surface area contributed by atoms with Gasteiger partial charge in [0.25, 0.3) is 0 Å². The summed E-state index contributed by atoms with van der Waals surface area (Å²) in [7, 11) is 0. The summed E-state index contributed by atoms with van der Waals surface area (Å²) >= 11 is 1.76. The van der Waals surface area contributed by atoms with Crippen molar-refractivity contribution in [3.05, 3.63) is 29.8 Å². The number of amides is 1. The highest BCUT2D eigenvalue weighted by Gasteiger charge is 2.38. The van der Waals surface area contributed by atoms with E-state index in [1.165, 1.54) is 16.9 Å². The molecule has 0 spiro atoms. The Morgan fingerprint density at radius 3 is 3.00 bits per heavy atom. The summed E-state index contributed by atoms with van der Waals surface area (Å²) in [6, 6.07) is 8.43. The minimum absolute atomic E-state index is 0.110. The Balaban J connectivity index is 1.44. The Labute approximate surface area is 124 Å². The van der Waals surface area contributed by atoms with Crippen LogP contribution in [0.25, 0.3) is 0 Å². The molecule has 0 radical (unpaired) electrons. The van der Waals surface area contributed by atoms with Gasteiger partial charge in [-0.25, -0.2) is 0 Å². The van der Waals surface area contributed by atoms with Gasteiger partial charge in [-0.15, -0.1) is 11.8 Å². The third kappa shape index (κ3) is 2.15. The van der Waals surface area contributed by atoms with Gasteiger partial charge < -0.3 is 10.2 Å². The van der Waals surface area contributed by atoms with E-state index in [0.717, 1.165) is 38.5 Å². The highest BCUT2D eigenvalue weighted by atomic mass is 32.2. The summed E-state index contributed by atoms with van der Waals surface area (Å²) in [5.74, 6) is 1.84. The first kappa shape index (κ1) is 12.7. The number of likely N-dealkylation sites (tertiary alicyclic amines) is 1. The zero-order chi connectivity index (χ0) is 13.5. The lowest BCUT2D eigenvalue weighted by Crippen LogP contribution is -2.46. The molecule has 1 aromatic carbocycles. The van der Waals surface area contributed by atoms with E-state index >= 15 is 0 Å². The first-order valence-electron chi connectivity index (χ1n) is 7.55. The van der Waals surface area contributed by atoms with Crippen LogP contribution in [0.4, 0.5) is 0 Å². The number of nitrogens with one attached hydrogen (secondary N) is 1. The van der Waals surface area contributed by atoms with E-state index in [0.29, 0.717) is 11.8 Å². The summed E-state index contributed by atoms with van der Waals surface area (Å²) in [5.41, 5.74) is 1.34. The molecule has 0 aliphatic carbocycles. The number of benzene rings is 1. The highest BCUT2D eigenvalue weighted by molar-refractivity contribution is 8.01. The van der Waals surface area contributed by atoms with Crippen molar-refractivity contribution in [1.29, 1.82) is 0 Å². The fourth-order valence-electron chi connectivity index (χ4n) is 3.76. The van der Waals surface area contributed by atoms with Crippen LogP contribution >= 0.6 is 11.8 Å². The predicted octanol–water partition coefficient (Wildman–Crippen LogP) is 1.77. The summed E-state index contributed by atoms with van der Waals surface area (Å²) in [5, 5.41) is 3.57. The second-order valence-electron chi connectivity index (χ2n) is 6.17. The van der Waals surface area contributed by atoms with Crippen LogP contribution in [0.15, 0.2) is 29.2 Å². The smallest absolute Gasteiger partial charge is 0.236 e. The molecular formula is C16H20N2OS. The van der Waals surface area contributed by atoms with Gasteiger partial charge >= 0.3 is 0 Å². The number of hydrogen-bond donors (Lipinski definition) is 1. The Morgan fingerprint density at radius 1 is 1.25 bits per heavy atom. The lowest BCUT2D eigenvalue weighted by molar-refractivity contribution is -0.132. The number of hydrogen-bond acceptors (Lipinski definition) is 3. The van der Waals surface area contributed by atoms with Gasteiger partial charge in [-0.3, -0.25) is 4.79 Å². The van der Waals surface area contributed by atoms with Gasteiger partial charge in [0.2, 0.25) is 5.91 Å². The first-order chi connectivity index (χ1) is 9.81. The van der Waals surface area contributed by atoms with E-state index in [9.17, 15) is 4.79 Å². The molecule has 2 fully saturated rings. The van der Waals surface area contributed by atoms with Gasteiger partial charge in [0.1, 0.15) is 0 Å². The van der Waals surface area contributed by atoms with E-state index in [1.54, 1.807) is 11.8 Å². The fourth-order valence-corrected chi connectivity index (χ4v) is 5.04.